The number of aromatic nitrogens is 5. The summed E-state index contributed by atoms with van der Waals surface area (Å²) in [5, 5.41) is 1.01. The van der Waals surface area contributed by atoms with Gasteiger partial charge in [-0.2, -0.15) is 0 Å². The van der Waals surface area contributed by atoms with Crippen molar-refractivity contribution in [2.24, 2.45) is 0 Å². The first-order valence-electron chi connectivity index (χ1n) is 17.9. The molecule has 0 radical (unpaired) electrons. The molecule has 254 valence electrons. The van der Waals surface area contributed by atoms with Crippen molar-refractivity contribution in [2.75, 3.05) is 0 Å². The van der Waals surface area contributed by atoms with Crippen LogP contribution in [-0.4, -0.2) is 24.5 Å². The second kappa shape index (κ2) is 13.5. The topological polar surface area (TPSA) is 56.5 Å². The molecule has 0 amide bonds. The number of imidazole rings is 1. The molecule has 10 rings (SSSR count). The normalized spacial score (nSPS) is 11.3. The summed E-state index contributed by atoms with van der Waals surface area (Å²) in [7, 11) is 0. The molecule has 3 aromatic heterocycles. The maximum Gasteiger partial charge on any atom is 0.160 e. The van der Waals surface area contributed by atoms with Gasteiger partial charge in [-0.3, -0.25) is 4.57 Å². The van der Waals surface area contributed by atoms with Crippen molar-refractivity contribution >= 4 is 32.6 Å². The van der Waals surface area contributed by atoms with E-state index >= 15 is 0 Å². The molecule has 54 heavy (non-hydrogen) atoms. The Bertz CT molecular complexity index is 2860. The van der Waals surface area contributed by atoms with Crippen molar-refractivity contribution in [3.8, 4) is 72.7 Å². The zero-order chi connectivity index (χ0) is 35.8. The van der Waals surface area contributed by atoms with Gasteiger partial charge < -0.3 is 0 Å². The fourth-order valence-electron chi connectivity index (χ4n) is 6.94. The molecule has 5 nitrogen and oxygen atoms in total. The molecule has 10 aromatic rings. The lowest BCUT2D eigenvalue weighted by molar-refractivity contribution is 1.10. The molecule has 0 saturated heterocycles. The minimum atomic E-state index is 0.673. The lowest BCUT2D eigenvalue weighted by atomic mass is 10.0. The Morgan fingerprint density at radius 2 is 0.889 bits per heavy atom. The Labute approximate surface area is 316 Å². The summed E-state index contributed by atoms with van der Waals surface area (Å²) in [5.41, 5.74) is 13.2. The number of thiazole rings is 1. The SMILES string of the molecule is c1ccc(-c2ccc(-c3nc(-c4ccc(-c5nc6ccccc6s5)cc4)cc(-c4ccc(-c5nc6ccccc6n5-c5ccccc5)cc4)n3)cc2)cc1. The smallest absolute Gasteiger partial charge is 0.160 e. The molecule has 7 aromatic carbocycles. The van der Waals surface area contributed by atoms with Gasteiger partial charge in [0.2, 0.25) is 0 Å². The number of rotatable bonds is 7. The van der Waals surface area contributed by atoms with Crippen molar-refractivity contribution in [1.29, 1.82) is 0 Å². The van der Waals surface area contributed by atoms with Gasteiger partial charge in [-0.25, -0.2) is 19.9 Å². The Hall–Kier alpha value is -7.02. The summed E-state index contributed by atoms with van der Waals surface area (Å²) in [4.78, 5) is 20.2. The van der Waals surface area contributed by atoms with Crippen LogP contribution in [0.25, 0.3) is 93.9 Å². The maximum absolute atomic E-state index is 5.15. The van der Waals surface area contributed by atoms with Crippen LogP contribution in [-0.2, 0) is 0 Å². The highest BCUT2D eigenvalue weighted by Crippen LogP contribution is 2.35. The van der Waals surface area contributed by atoms with Gasteiger partial charge >= 0.3 is 0 Å². The van der Waals surface area contributed by atoms with Crippen LogP contribution in [0.2, 0.25) is 0 Å². The van der Waals surface area contributed by atoms with Gasteiger partial charge in [0.15, 0.2) is 5.82 Å². The number of fused-ring (bicyclic) bond motifs is 2. The first kappa shape index (κ1) is 31.7. The number of nitrogens with zero attached hydrogens (tertiary/aromatic N) is 5. The Morgan fingerprint density at radius 3 is 1.57 bits per heavy atom. The fraction of sp³-hybridized carbons (Fsp3) is 0. The van der Waals surface area contributed by atoms with E-state index in [2.05, 4.69) is 168 Å². The molecule has 0 fully saturated rings. The summed E-state index contributed by atoms with van der Waals surface area (Å²) < 4.78 is 3.41. The summed E-state index contributed by atoms with van der Waals surface area (Å²) in [5.74, 6) is 1.57. The molecule has 0 saturated carbocycles. The summed E-state index contributed by atoms with van der Waals surface area (Å²) in [6.07, 6.45) is 0. The van der Waals surface area contributed by atoms with E-state index in [0.29, 0.717) is 5.82 Å². The Balaban J connectivity index is 1.05. The quantitative estimate of drug-likeness (QED) is 0.165. The van der Waals surface area contributed by atoms with Crippen molar-refractivity contribution in [2.45, 2.75) is 0 Å². The first-order valence-corrected chi connectivity index (χ1v) is 18.7. The van der Waals surface area contributed by atoms with Crippen LogP contribution in [0.15, 0.2) is 188 Å². The van der Waals surface area contributed by atoms with Crippen molar-refractivity contribution in [3.63, 3.8) is 0 Å². The van der Waals surface area contributed by atoms with Crippen LogP contribution >= 0.6 is 11.3 Å². The maximum atomic E-state index is 5.15. The zero-order valence-corrected chi connectivity index (χ0v) is 29.9. The third-order valence-electron chi connectivity index (χ3n) is 9.71. The second-order valence-electron chi connectivity index (χ2n) is 13.1. The van der Waals surface area contributed by atoms with Crippen LogP contribution in [0, 0.1) is 0 Å². The highest BCUT2D eigenvalue weighted by molar-refractivity contribution is 7.21. The predicted octanol–water partition coefficient (Wildman–Crippen LogP) is 12.4. The van der Waals surface area contributed by atoms with Gasteiger partial charge in [0.05, 0.1) is 32.6 Å². The van der Waals surface area contributed by atoms with E-state index in [-0.39, 0.29) is 0 Å². The number of benzene rings is 7. The van der Waals surface area contributed by atoms with E-state index in [4.69, 9.17) is 19.9 Å². The molecule has 0 aliphatic carbocycles. The first-order chi connectivity index (χ1) is 26.7. The van der Waals surface area contributed by atoms with Crippen molar-refractivity contribution in [3.05, 3.63) is 188 Å². The molecule has 0 aliphatic heterocycles. The van der Waals surface area contributed by atoms with E-state index in [9.17, 15) is 0 Å². The van der Waals surface area contributed by atoms with E-state index < -0.39 is 0 Å². The summed E-state index contributed by atoms with van der Waals surface area (Å²) >= 11 is 1.71. The largest absolute Gasteiger partial charge is 0.292 e. The lowest BCUT2D eigenvalue weighted by Gasteiger charge is -2.12. The van der Waals surface area contributed by atoms with Crippen molar-refractivity contribution < 1.29 is 0 Å². The average molecular weight is 710 g/mol. The van der Waals surface area contributed by atoms with Crippen molar-refractivity contribution in [1.82, 2.24) is 24.5 Å². The molecular formula is C48H31N5S. The molecule has 0 spiro atoms. The van der Waals surface area contributed by atoms with Gasteiger partial charge in [-0.15, -0.1) is 11.3 Å². The van der Waals surface area contributed by atoms with Gasteiger partial charge in [-0.05, 0) is 53.6 Å². The van der Waals surface area contributed by atoms with E-state index in [1.165, 1.54) is 10.3 Å². The Morgan fingerprint density at radius 1 is 0.370 bits per heavy atom. The van der Waals surface area contributed by atoms with Crippen LogP contribution in [0.4, 0.5) is 0 Å². The summed E-state index contributed by atoms with van der Waals surface area (Å²) in [6.45, 7) is 0. The monoisotopic (exact) mass is 709 g/mol. The summed E-state index contributed by atoms with van der Waals surface area (Å²) in [6, 6.07) is 65.0. The minimum absolute atomic E-state index is 0.673. The number of para-hydroxylation sites is 4. The predicted molar refractivity (Wildman–Crippen MR) is 222 cm³/mol. The zero-order valence-electron chi connectivity index (χ0n) is 29.0. The standard InChI is InChI=1S/C48H31N5S/c1-3-11-32(12-4-1)33-19-25-36(26-20-33)46-49-42(31-43(50-46)35-23-29-38(30-24-35)48-52-41-16-8-10-18-45(41)54-48)34-21-27-37(28-22-34)47-51-40-15-7-9-17-44(40)53(47)39-13-5-2-6-14-39/h1-31H. The van der Waals surface area contributed by atoms with Crippen LogP contribution in [0.5, 0.6) is 0 Å². The van der Waals surface area contributed by atoms with Gasteiger partial charge in [-0.1, -0.05) is 146 Å². The van der Waals surface area contributed by atoms with E-state index in [1.807, 2.05) is 24.3 Å². The van der Waals surface area contributed by atoms with Crippen LogP contribution < -0.4 is 0 Å². The van der Waals surface area contributed by atoms with Gasteiger partial charge in [0.1, 0.15) is 10.8 Å². The van der Waals surface area contributed by atoms with Gasteiger partial charge in [0, 0.05) is 33.5 Å². The van der Waals surface area contributed by atoms with Gasteiger partial charge in [0.25, 0.3) is 0 Å². The third kappa shape index (κ3) is 5.94. The highest BCUT2D eigenvalue weighted by Gasteiger charge is 2.16. The third-order valence-corrected chi connectivity index (χ3v) is 10.8. The van der Waals surface area contributed by atoms with Crippen LogP contribution in [0.3, 0.4) is 0 Å². The van der Waals surface area contributed by atoms with E-state index in [0.717, 1.165) is 77.8 Å². The molecule has 0 N–H and O–H groups in total. The molecule has 0 unspecified atom stereocenters. The van der Waals surface area contributed by atoms with E-state index in [1.54, 1.807) is 11.3 Å². The highest BCUT2D eigenvalue weighted by atomic mass is 32.1. The average Bonchev–Trinajstić information content (AvgIpc) is 3.87. The molecule has 0 atom stereocenters. The lowest BCUT2D eigenvalue weighted by Crippen LogP contribution is -1.98. The van der Waals surface area contributed by atoms with Crippen LogP contribution in [0.1, 0.15) is 0 Å². The Kier molecular flexibility index (Phi) is 7.93. The number of hydrogen-bond acceptors (Lipinski definition) is 5. The molecule has 6 heteroatoms. The molecular weight excluding hydrogens is 679 g/mol. The molecule has 0 bridgehead atoms. The fourth-order valence-corrected chi connectivity index (χ4v) is 7.91. The second-order valence-corrected chi connectivity index (χ2v) is 14.2. The minimum Gasteiger partial charge on any atom is -0.292 e. The molecule has 0 aliphatic rings. The molecule has 3 heterocycles. The number of hydrogen-bond donors (Lipinski definition) is 0.